The van der Waals surface area contributed by atoms with E-state index in [9.17, 15) is 4.79 Å². The predicted octanol–water partition coefficient (Wildman–Crippen LogP) is 4.55. The zero-order chi connectivity index (χ0) is 17.9. The van der Waals surface area contributed by atoms with Crippen molar-refractivity contribution in [2.24, 2.45) is 0 Å². The summed E-state index contributed by atoms with van der Waals surface area (Å²) in [5, 5.41) is 3.27. The van der Waals surface area contributed by atoms with Crippen molar-refractivity contribution in [1.82, 2.24) is 9.97 Å². The smallest absolute Gasteiger partial charge is 0.339 e. The second-order valence-electron chi connectivity index (χ2n) is 6.37. The summed E-state index contributed by atoms with van der Waals surface area (Å²) in [6, 6.07) is 13.7. The van der Waals surface area contributed by atoms with Gasteiger partial charge in [-0.15, -0.1) is 0 Å². The van der Waals surface area contributed by atoms with E-state index in [-0.39, 0.29) is 5.97 Å². The normalized spacial score (nSPS) is 13.3. The first kappa shape index (κ1) is 16.3. The van der Waals surface area contributed by atoms with Crippen LogP contribution in [0.5, 0.6) is 0 Å². The molecule has 5 heteroatoms. The van der Waals surface area contributed by atoms with Crippen LogP contribution in [0.15, 0.2) is 61.1 Å². The van der Waals surface area contributed by atoms with Gasteiger partial charge in [0.1, 0.15) is 0 Å². The van der Waals surface area contributed by atoms with Crippen LogP contribution in [0, 0.1) is 0 Å². The van der Waals surface area contributed by atoms with Crippen molar-refractivity contribution in [3.8, 4) is 11.3 Å². The molecule has 1 N–H and O–H groups in total. The van der Waals surface area contributed by atoms with E-state index >= 15 is 0 Å². The molecule has 0 aliphatic heterocycles. The molecule has 1 aliphatic rings. The van der Waals surface area contributed by atoms with Gasteiger partial charge in [0, 0.05) is 18.0 Å². The lowest BCUT2D eigenvalue weighted by Crippen LogP contribution is -2.06. The number of carbonyl (C=O) groups excluding carboxylic acids is 1. The Morgan fingerprint density at radius 1 is 1.15 bits per heavy atom. The minimum atomic E-state index is -0.338. The quantitative estimate of drug-likeness (QED) is 0.687. The Morgan fingerprint density at radius 3 is 2.69 bits per heavy atom. The highest BCUT2D eigenvalue weighted by atomic mass is 16.5. The summed E-state index contributed by atoms with van der Waals surface area (Å²) in [7, 11) is 1.40. The maximum Gasteiger partial charge on any atom is 0.339 e. The van der Waals surface area contributed by atoms with Gasteiger partial charge in [-0.3, -0.25) is 9.97 Å². The highest BCUT2D eigenvalue weighted by Gasteiger charge is 2.25. The third-order valence-electron chi connectivity index (χ3n) is 4.50. The largest absolute Gasteiger partial charge is 0.465 e. The van der Waals surface area contributed by atoms with Crippen LogP contribution < -0.4 is 5.32 Å². The van der Waals surface area contributed by atoms with Crippen molar-refractivity contribution >= 4 is 17.3 Å². The zero-order valence-corrected chi connectivity index (χ0v) is 14.5. The van der Waals surface area contributed by atoms with Gasteiger partial charge in [0.05, 0.1) is 35.9 Å². The van der Waals surface area contributed by atoms with Gasteiger partial charge in [-0.2, -0.15) is 0 Å². The van der Waals surface area contributed by atoms with Crippen LogP contribution >= 0.6 is 0 Å². The molecule has 0 bridgehead atoms. The number of hydrogen-bond donors (Lipinski definition) is 1. The first-order chi connectivity index (χ1) is 12.7. The Bertz CT molecular complexity index is 920. The molecule has 2 heterocycles. The minimum Gasteiger partial charge on any atom is -0.465 e. The Balaban J connectivity index is 1.59. The van der Waals surface area contributed by atoms with Crippen molar-refractivity contribution in [3.63, 3.8) is 0 Å². The van der Waals surface area contributed by atoms with E-state index in [0.717, 1.165) is 22.6 Å². The van der Waals surface area contributed by atoms with Crippen LogP contribution in [-0.2, 0) is 4.74 Å². The molecule has 3 aromatic rings. The third kappa shape index (κ3) is 3.42. The number of rotatable bonds is 5. The number of nitrogens with zero attached hydrogens (tertiary/aromatic N) is 2. The van der Waals surface area contributed by atoms with Crippen LogP contribution in [0.3, 0.4) is 0 Å². The fraction of sp³-hybridized carbons (Fsp3) is 0.190. The number of esters is 1. The van der Waals surface area contributed by atoms with Crippen molar-refractivity contribution in [3.05, 3.63) is 72.2 Å². The van der Waals surface area contributed by atoms with E-state index < -0.39 is 0 Å². The summed E-state index contributed by atoms with van der Waals surface area (Å²) < 4.78 is 4.95. The first-order valence-corrected chi connectivity index (χ1v) is 8.60. The molecule has 1 saturated carbocycles. The van der Waals surface area contributed by atoms with Crippen LogP contribution in [-0.4, -0.2) is 23.0 Å². The topological polar surface area (TPSA) is 64.1 Å². The van der Waals surface area contributed by atoms with Gasteiger partial charge in [-0.25, -0.2) is 4.79 Å². The molecule has 0 radical (unpaired) electrons. The summed E-state index contributed by atoms with van der Waals surface area (Å²) in [4.78, 5) is 20.8. The van der Waals surface area contributed by atoms with Crippen LogP contribution in [0.4, 0.5) is 11.4 Å². The average molecular weight is 345 g/mol. The Kier molecular flexibility index (Phi) is 4.35. The van der Waals surface area contributed by atoms with Gasteiger partial charge in [0.25, 0.3) is 0 Å². The number of aromatic nitrogens is 2. The van der Waals surface area contributed by atoms with E-state index in [1.54, 1.807) is 18.6 Å². The Labute approximate surface area is 152 Å². The first-order valence-electron chi connectivity index (χ1n) is 8.60. The van der Waals surface area contributed by atoms with Crippen molar-refractivity contribution in [2.45, 2.75) is 18.8 Å². The number of hydrogen-bond acceptors (Lipinski definition) is 5. The summed E-state index contributed by atoms with van der Waals surface area (Å²) in [6.45, 7) is 0. The number of methoxy groups -OCH3 is 1. The lowest BCUT2D eigenvalue weighted by atomic mass is 10.0. The van der Waals surface area contributed by atoms with Crippen molar-refractivity contribution in [2.75, 3.05) is 12.4 Å². The van der Waals surface area contributed by atoms with Crippen molar-refractivity contribution in [1.29, 1.82) is 0 Å². The summed E-state index contributed by atoms with van der Waals surface area (Å²) in [5.41, 5.74) is 5.08. The number of carbonyl (C=O) groups is 1. The molecular weight excluding hydrogens is 326 g/mol. The highest BCUT2D eigenvalue weighted by Crippen LogP contribution is 2.41. The number of ether oxygens (including phenoxy) is 1. The fourth-order valence-electron chi connectivity index (χ4n) is 2.93. The molecular formula is C21H19N3O2. The van der Waals surface area contributed by atoms with E-state index in [1.807, 2.05) is 36.4 Å². The monoisotopic (exact) mass is 345 g/mol. The molecule has 0 atom stereocenters. The Hall–Kier alpha value is -3.21. The molecule has 5 nitrogen and oxygen atoms in total. The molecule has 0 spiro atoms. The van der Waals surface area contributed by atoms with Gasteiger partial charge >= 0.3 is 5.97 Å². The average Bonchev–Trinajstić information content (AvgIpc) is 3.54. The van der Waals surface area contributed by atoms with Gasteiger partial charge < -0.3 is 10.1 Å². The van der Waals surface area contributed by atoms with Gasteiger partial charge in [0.15, 0.2) is 0 Å². The molecule has 1 fully saturated rings. The number of nitrogens with one attached hydrogen (secondary N) is 1. The maximum atomic E-state index is 12.2. The van der Waals surface area contributed by atoms with Crippen LogP contribution in [0.25, 0.3) is 11.3 Å². The van der Waals surface area contributed by atoms with Crippen LogP contribution in [0.2, 0.25) is 0 Å². The molecule has 0 amide bonds. The van der Waals surface area contributed by atoms with E-state index in [1.165, 1.54) is 25.5 Å². The molecule has 2 aromatic heterocycles. The summed E-state index contributed by atoms with van der Waals surface area (Å²) in [6.07, 6.45) is 7.64. The fourth-order valence-corrected chi connectivity index (χ4v) is 2.93. The van der Waals surface area contributed by atoms with Gasteiger partial charge in [-0.1, -0.05) is 6.07 Å². The third-order valence-corrected chi connectivity index (χ3v) is 4.50. The second-order valence-corrected chi connectivity index (χ2v) is 6.37. The molecule has 130 valence electrons. The van der Waals surface area contributed by atoms with Gasteiger partial charge in [0.2, 0.25) is 0 Å². The SMILES string of the molecule is COC(=O)c1cc(C2CC2)ccc1Nc1ccc(-c2cccnc2)nc1. The standard InChI is InChI=1S/C21H19N3O2/c1-26-21(25)18-11-15(14-4-5-14)6-8-20(18)24-17-7-9-19(23-13-17)16-3-2-10-22-12-16/h2-3,6-14,24H,4-5H2,1H3. The lowest BCUT2D eigenvalue weighted by Gasteiger charge is -2.13. The summed E-state index contributed by atoms with van der Waals surface area (Å²) in [5.74, 6) is 0.239. The molecule has 0 unspecified atom stereocenters. The van der Waals surface area contributed by atoms with Gasteiger partial charge in [-0.05, 0) is 60.7 Å². The maximum absolute atomic E-state index is 12.2. The molecule has 4 rings (SSSR count). The zero-order valence-electron chi connectivity index (χ0n) is 14.5. The second kappa shape index (κ2) is 6.96. The molecule has 1 aromatic carbocycles. The molecule has 26 heavy (non-hydrogen) atoms. The lowest BCUT2D eigenvalue weighted by molar-refractivity contribution is 0.0602. The minimum absolute atomic E-state index is 0.338. The number of anilines is 2. The van der Waals surface area contributed by atoms with Crippen molar-refractivity contribution < 1.29 is 9.53 Å². The molecule has 0 saturated heterocycles. The Morgan fingerprint density at radius 2 is 2.04 bits per heavy atom. The predicted molar refractivity (Wildman–Crippen MR) is 101 cm³/mol. The van der Waals surface area contributed by atoms with E-state index in [0.29, 0.717) is 11.5 Å². The van der Waals surface area contributed by atoms with E-state index in [2.05, 4.69) is 21.4 Å². The number of pyridine rings is 2. The van der Waals surface area contributed by atoms with Crippen LogP contribution in [0.1, 0.15) is 34.7 Å². The summed E-state index contributed by atoms with van der Waals surface area (Å²) >= 11 is 0. The van der Waals surface area contributed by atoms with E-state index in [4.69, 9.17) is 4.74 Å². The number of benzene rings is 1. The highest BCUT2D eigenvalue weighted by molar-refractivity contribution is 5.96. The molecule has 1 aliphatic carbocycles.